The lowest BCUT2D eigenvalue weighted by Gasteiger charge is -2.49. The molecule has 0 radical (unpaired) electrons. The third-order valence-electron chi connectivity index (χ3n) is 13.9. The number of rotatable bonds is 2. The van der Waals surface area contributed by atoms with Crippen molar-refractivity contribution in [1.82, 2.24) is 9.88 Å². The van der Waals surface area contributed by atoms with Gasteiger partial charge in [-0.1, -0.05) is 61.2 Å². The highest BCUT2D eigenvalue weighted by atomic mass is 16.5. The largest absolute Gasteiger partial charge is 0.504 e. The Morgan fingerprint density at radius 2 is 1.97 bits per heavy atom. The molecule has 5 aliphatic heterocycles. The molecule has 2 aliphatic carbocycles. The second-order valence-electron chi connectivity index (χ2n) is 17.4. The molecule has 9 heteroatoms. The molecule has 11 rings (SSSR count). The zero-order valence-electron chi connectivity index (χ0n) is 33.2. The number of ether oxygens (including phenoxy) is 3. The third-order valence-corrected chi connectivity index (χ3v) is 13.9. The van der Waals surface area contributed by atoms with Gasteiger partial charge in [0, 0.05) is 70.2 Å². The van der Waals surface area contributed by atoms with Gasteiger partial charge < -0.3 is 45.1 Å². The number of nitrogens with one attached hydrogen (secondary N) is 1. The number of aliphatic hydroxyl groups excluding tert-OH is 2. The number of nitrogens with two attached hydrogens (primary N) is 1. The van der Waals surface area contributed by atoms with E-state index in [-0.39, 0.29) is 42.3 Å². The monoisotopic (exact) mass is 779 g/mol. The second kappa shape index (κ2) is 15.1. The normalized spacial score (nSPS) is 29.2. The predicted octanol–water partition coefficient (Wildman–Crippen LogP) is 6.83. The number of benzene rings is 3. The Morgan fingerprint density at radius 3 is 2.86 bits per heavy atom. The number of aliphatic hydroxyl groups is 2. The van der Waals surface area contributed by atoms with E-state index in [9.17, 15) is 15.3 Å². The van der Waals surface area contributed by atoms with Gasteiger partial charge in [-0.25, -0.2) is 0 Å². The molecule has 0 saturated carbocycles. The highest BCUT2D eigenvalue weighted by Crippen LogP contribution is 2.52. The van der Waals surface area contributed by atoms with Crippen molar-refractivity contribution in [2.24, 2.45) is 23.5 Å². The van der Waals surface area contributed by atoms with E-state index in [1.54, 1.807) is 6.07 Å². The molecule has 1 aromatic heterocycles. The van der Waals surface area contributed by atoms with Gasteiger partial charge in [-0.3, -0.25) is 0 Å². The first-order chi connectivity index (χ1) is 28.3. The summed E-state index contributed by atoms with van der Waals surface area (Å²) < 4.78 is 21.9. The fourth-order valence-corrected chi connectivity index (χ4v) is 10.8. The lowest BCUT2D eigenvalue weighted by Crippen LogP contribution is -2.47. The maximum atomic E-state index is 11.8. The highest BCUT2D eigenvalue weighted by molar-refractivity contribution is 5.89. The number of fused-ring (bicyclic) bond motifs is 5. The summed E-state index contributed by atoms with van der Waals surface area (Å²) in [5.41, 5.74) is 15.6. The first-order valence-corrected chi connectivity index (χ1v) is 21.2. The number of nitrogens with zero attached hydrogens (tertiary/aromatic N) is 1. The number of aromatic hydroxyl groups is 1. The SMILES string of the molecule is C[C@H]1C#CC2=CC(N)NC3=C2CO[C@@H](CCC1)C[C@H](O)[C@H]1C=Cc2c(c(CO)cc(O)c2OCc2cc([C@@]45CCOC[C@H]4CCc4ccccc45)cc4cn3cc24)C1. The molecule has 0 amide bonds. The van der Waals surface area contributed by atoms with Crippen LogP contribution in [0.4, 0.5) is 0 Å². The Labute approximate surface area is 340 Å². The average Bonchev–Trinajstić information content (AvgIpc) is 3.67. The van der Waals surface area contributed by atoms with Gasteiger partial charge in [-0.2, -0.15) is 0 Å². The van der Waals surface area contributed by atoms with Crippen molar-refractivity contribution in [1.29, 1.82) is 0 Å². The fraction of sp³-hybridized carbons (Fsp3) is 0.429. The van der Waals surface area contributed by atoms with Crippen molar-refractivity contribution < 1.29 is 29.5 Å². The molecule has 7 atom stereocenters. The zero-order valence-corrected chi connectivity index (χ0v) is 33.2. The Hall–Kier alpha value is -4.82. The first kappa shape index (κ1) is 37.5. The van der Waals surface area contributed by atoms with Gasteiger partial charge in [-0.15, -0.1) is 0 Å². The molecule has 1 fully saturated rings. The Balaban J connectivity index is 1.20. The quantitative estimate of drug-likeness (QED) is 0.140. The van der Waals surface area contributed by atoms with E-state index in [2.05, 4.69) is 77.4 Å². The standard InChI is InChI=1S/C49H53N3O6/c1-29-5-4-7-38-22-44(54)32-12-14-39-40(19-32)34(25-53)20-45(55)47(39)58-26-35-18-37(49-15-16-56-27-36(49)13-11-30-6-2-3-8-43(30)49)17-33-23-52(24-41(33)35)48-42(28-57-38)31(10-9-29)21-46(50)51-48/h2-3,6,8,12,14,17-18,20-21,23-24,29,32,36,38,44,46,51,53-55H,4-5,7,11,13,15-16,19,22,25-28,50H2,1H3/t29-,32+,36-,38+,44+,46?,49-/m1/s1. The van der Waals surface area contributed by atoms with Crippen LogP contribution < -0.4 is 15.8 Å². The Kier molecular flexibility index (Phi) is 9.74. The van der Waals surface area contributed by atoms with Crippen LogP contribution in [0.15, 0.2) is 78.2 Å². The highest BCUT2D eigenvalue weighted by Gasteiger charge is 2.47. The minimum atomic E-state index is -0.681. The summed E-state index contributed by atoms with van der Waals surface area (Å²) in [6, 6.07) is 15.2. The van der Waals surface area contributed by atoms with Crippen molar-refractivity contribution in [3.8, 4) is 23.3 Å². The summed E-state index contributed by atoms with van der Waals surface area (Å²) in [5, 5.41) is 39.4. The molecule has 6 N–H and O–H groups in total. The van der Waals surface area contributed by atoms with Crippen LogP contribution in [0, 0.1) is 29.6 Å². The van der Waals surface area contributed by atoms with Crippen molar-refractivity contribution in [3.05, 3.63) is 117 Å². The summed E-state index contributed by atoms with van der Waals surface area (Å²) >= 11 is 0. The minimum Gasteiger partial charge on any atom is -0.504 e. The molecule has 58 heavy (non-hydrogen) atoms. The van der Waals surface area contributed by atoms with Crippen LogP contribution in [-0.4, -0.2) is 58.1 Å². The van der Waals surface area contributed by atoms with Crippen molar-refractivity contribution in [2.45, 2.75) is 95.3 Å². The lowest BCUT2D eigenvalue weighted by atomic mass is 9.57. The van der Waals surface area contributed by atoms with Crippen LogP contribution in [0.1, 0.15) is 84.4 Å². The van der Waals surface area contributed by atoms with Crippen LogP contribution >= 0.6 is 0 Å². The minimum absolute atomic E-state index is 0.0149. The van der Waals surface area contributed by atoms with Gasteiger partial charge in [-0.05, 0) is 102 Å². The van der Waals surface area contributed by atoms with Crippen LogP contribution in [0.5, 0.6) is 11.5 Å². The van der Waals surface area contributed by atoms with Gasteiger partial charge >= 0.3 is 0 Å². The van der Waals surface area contributed by atoms with Crippen LogP contribution in [-0.2, 0) is 40.9 Å². The number of phenolic OH excluding ortho intramolecular Hbond substituents is 1. The van der Waals surface area contributed by atoms with Crippen molar-refractivity contribution in [3.63, 3.8) is 0 Å². The summed E-state index contributed by atoms with van der Waals surface area (Å²) in [6.07, 6.45) is 15.6. The van der Waals surface area contributed by atoms with E-state index >= 15 is 0 Å². The molecule has 7 aliphatic rings. The van der Waals surface area contributed by atoms with E-state index < -0.39 is 12.3 Å². The Bertz CT molecular complexity index is 2430. The van der Waals surface area contributed by atoms with Gasteiger partial charge in [0.2, 0.25) is 0 Å². The number of dihydropyridines is 1. The smallest absolute Gasteiger partial charge is 0.168 e. The van der Waals surface area contributed by atoms with E-state index in [1.165, 1.54) is 16.7 Å². The number of hydrogen-bond donors (Lipinski definition) is 5. The number of aromatic nitrogens is 1. The second-order valence-corrected chi connectivity index (χ2v) is 17.4. The summed E-state index contributed by atoms with van der Waals surface area (Å²) in [7, 11) is 0. The van der Waals surface area contributed by atoms with E-state index in [1.807, 2.05) is 18.2 Å². The van der Waals surface area contributed by atoms with Crippen LogP contribution in [0.2, 0.25) is 0 Å². The fourth-order valence-electron chi connectivity index (χ4n) is 10.8. The third kappa shape index (κ3) is 6.47. The zero-order chi connectivity index (χ0) is 39.5. The number of phenols is 1. The van der Waals surface area contributed by atoms with Gasteiger partial charge in [0.15, 0.2) is 11.5 Å². The molecule has 1 saturated heterocycles. The van der Waals surface area contributed by atoms with Crippen molar-refractivity contribution in [2.75, 3.05) is 19.8 Å². The van der Waals surface area contributed by atoms with Crippen molar-refractivity contribution >= 4 is 22.7 Å². The molecule has 3 aromatic carbocycles. The molecule has 300 valence electrons. The molecule has 4 aromatic rings. The summed E-state index contributed by atoms with van der Waals surface area (Å²) in [4.78, 5) is 0. The van der Waals surface area contributed by atoms with Crippen LogP contribution in [0.25, 0.3) is 22.7 Å². The predicted molar refractivity (Wildman–Crippen MR) is 225 cm³/mol. The lowest BCUT2D eigenvalue weighted by molar-refractivity contribution is 0.00497. The number of hydrogen-bond acceptors (Lipinski definition) is 8. The maximum Gasteiger partial charge on any atom is 0.168 e. The van der Waals surface area contributed by atoms with Gasteiger partial charge in [0.05, 0.1) is 38.2 Å². The topological polar surface area (TPSA) is 131 Å². The van der Waals surface area contributed by atoms with E-state index in [0.717, 1.165) is 83.0 Å². The molecule has 9 nitrogen and oxygen atoms in total. The van der Waals surface area contributed by atoms with E-state index in [4.69, 9.17) is 19.9 Å². The van der Waals surface area contributed by atoms with E-state index in [0.29, 0.717) is 49.9 Å². The molecule has 0 spiro atoms. The Morgan fingerprint density at radius 1 is 1.07 bits per heavy atom. The van der Waals surface area contributed by atoms with Gasteiger partial charge in [0.25, 0.3) is 0 Å². The average molecular weight is 780 g/mol. The number of aryl methyl sites for hydroxylation is 1. The van der Waals surface area contributed by atoms with Crippen LogP contribution in [0.3, 0.4) is 0 Å². The maximum absolute atomic E-state index is 11.8. The van der Waals surface area contributed by atoms with Gasteiger partial charge in [0.1, 0.15) is 12.4 Å². The first-order valence-electron chi connectivity index (χ1n) is 21.2. The molecular weight excluding hydrogens is 727 g/mol. The molecular formula is C49H53N3O6. The molecule has 8 bridgehead atoms. The summed E-state index contributed by atoms with van der Waals surface area (Å²) in [5.74, 6) is 8.51. The molecule has 6 heterocycles. The summed E-state index contributed by atoms with van der Waals surface area (Å²) in [6.45, 7) is 3.84. The molecule has 1 unspecified atom stereocenters.